The van der Waals surface area contributed by atoms with E-state index in [1.54, 1.807) is 0 Å². The van der Waals surface area contributed by atoms with Crippen molar-refractivity contribution in [2.24, 2.45) is 17.8 Å². The molecule has 3 atom stereocenters. The molecule has 2 aliphatic carbocycles. The SMILES string of the molecule is CN1CCCN(C[C@H]2C[C@H]3C=C[C@H]2C3)CC1. The molecular weight excluding hydrogens is 196 g/mol. The van der Waals surface area contributed by atoms with E-state index in [2.05, 4.69) is 29.0 Å². The molecule has 1 aliphatic heterocycles. The van der Waals surface area contributed by atoms with E-state index in [1.165, 1.54) is 52.0 Å². The first-order valence-corrected chi connectivity index (χ1v) is 6.90. The van der Waals surface area contributed by atoms with Crippen LogP contribution in [0.25, 0.3) is 0 Å². The van der Waals surface area contributed by atoms with Crippen molar-refractivity contribution in [1.29, 1.82) is 0 Å². The second-order valence-corrected chi connectivity index (χ2v) is 6.00. The standard InChI is InChI=1S/C14H24N2/c1-15-5-2-6-16(8-7-15)11-14-10-12-3-4-13(14)9-12/h3-4,12-14H,2,5-11H2,1H3/t12-,13-,14+/m0/s1. The molecule has 0 aromatic rings. The van der Waals surface area contributed by atoms with Gasteiger partial charge in [0.1, 0.15) is 0 Å². The highest BCUT2D eigenvalue weighted by Crippen LogP contribution is 2.43. The van der Waals surface area contributed by atoms with Crippen LogP contribution in [0.1, 0.15) is 19.3 Å². The van der Waals surface area contributed by atoms with E-state index < -0.39 is 0 Å². The lowest BCUT2D eigenvalue weighted by Crippen LogP contribution is -2.34. The van der Waals surface area contributed by atoms with Gasteiger partial charge in [0.25, 0.3) is 0 Å². The molecule has 90 valence electrons. The summed E-state index contributed by atoms with van der Waals surface area (Å²) in [6, 6.07) is 0. The molecule has 1 heterocycles. The second kappa shape index (κ2) is 4.50. The predicted molar refractivity (Wildman–Crippen MR) is 67.4 cm³/mol. The lowest BCUT2D eigenvalue weighted by atomic mass is 9.93. The number of likely N-dealkylation sites (N-methyl/N-ethyl adjacent to an activating group) is 1. The largest absolute Gasteiger partial charge is 0.305 e. The number of fused-ring (bicyclic) bond motifs is 2. The van der Waals surface area contributed by atoms with Crippen LogP contribution in [0.4, 0.5) is 0 Å². The molecule has 2 fully saturated rings. The van der Waals surface area contributed by atoms with Crippen LogP contribution in [0.15, 0.2) is 12.2 Å². The van der Waals surface area contributed by atoms with Crippen LogP contribution in [0.3, 0.4) is 0 Å². The van der Waals surface area contributed by atoms with Crippen LogP contribution in [-0.4, -0.2) is 49.6 Å². The lowest BCUT2D eigenvalue weighted by Gasteiger charge is -2.27. The van der Waals surface area contributed by atoms with Crippen molar-refractivity contribution in [2.75, 3.05) is 39.8 Å². The molecule has 2 heteroatoms. The smallest absolute Gasteiger partial charge is 0.0109 e. The Bertz CT molecular complexity index is 274. The third-order valence-electron chi connectivity index (χ3n) is 4.72. The normalized spacial score (nSPS) is 40.4. The number of allylic oxidation sites excluding steroid dienone is 2. The van der Waals surface area contributed by atoms with Gasteiger partial charge in [0, 0.05) is 19.6 Å². The van der Waals surface area contributed by atoms with Gasteiger partial charge in [-0.3, -0.25) is 0 Å². The van der Waals surface area contributed by atoms with Crippen molar-refractivity contribution in [2.45, 2.75) is 19.3 Å². The van der Waals surface area contributed by atoms with Crippen LogP contribution in [0, 0.1) is 17.8 Å². The van der Waals surface area contributed by atoms with Crippen molar-refractivity contribution < 1.29 is 0 Å². The lowest BCUT2D eigenvalue weighted by molar-refractivity contribution is 0.219. The van der Waals surface area contributed by atoms with Gasteiger partial charge in [-0.25, -0.2) is 0 Å². The molecule has 0 aromatic carbocycles. The minimum atomic E-state index is 0.922. The average Bonchev–Trinajstić information content (AvgIpc) is 2.81. The first-order valence-electron chi connectivity index (χ1n) is 6.90. The molecule has 0 spiro atoms. The molecule has 1 saturated heterocycles. The highest BCUT2D eigenvalue weighted by molar-refractivity contribution is 5.10. The van der Waals surface area contributed by atoms with Crippen LogP contribution >= 0.6 is 0 Å². The topological polar surface area (TPSA) is 6.48 Å². The van der Waals surface area contributed by atoms with E-state index in [1.807, 2.05) is 0 Å². The minimum Gasteiger partial charge on any atom is -0.305 e. The monoisotopic (exact) mass is 220 g/mol. The number of hydrogen-bond acceptors (Lipinski definition) is 2. The van der Waals surface area contributed by atoms with Crippen molar-refractivity contribution >= 4 is 0 Å². The Balaban J connectivity index is 1.53. The van der Waals surface area contributed by atoms with Gasteiger partial charge in [0.15, 0.2) is 0 Å². The third kappa shape index (κ3) is 2.18. The summed E-state index contributed by atoms with van der Waals surface area (Å²) in [5.41, 5.74) is 0. The Kier molecular flexibility index (Phi) is 3.03. The number of nitrogens with zero attached hydrogens (tertiary/aromatic N) is 2. The molecule has 0 radical (unpaired) electrons. The third-order valence-corrected chi connectivity index (χ3v) is 4.72. The number of hydrogen-bond donors (Lipinski definition) is 0. The van der Waals surface area contributed by atoms with Gasteiger partial charge in [-0.05, 0) is 57.2 Å². The minimum absolute atomic E-state index is 0.922. The molecule has 0 aromatic heterocycles. The summed E-state index contributed by atoms with van der Waals surface area (Å²) in [5, 5.41) is 0. The Morgan fingerprint density at radius 3 is 2.75 bits per heavy atom. The van der Waals surface area contributed by atoms with Gasteiger partial charge in [0.05, 0.1) is 0 Å². The molecule has 0 N–H and O–H groups in total. The Morgan fingerprint density at radius 2 is 2.00 bits per heavy atom. The van der Waals surface area contributed by atoms with E-state index >= 15 is 0 Å². The summed E-state index contributed by atoms with van der Waals surface area (Å²) in [7, 11) is 2.25. The molecule has 1 saturated carbocycles. The van der Waals surface area contributed by atoms with Gasteiger partial charge in [-0.1, -0.05) is 12.2 Å². The molecular formula is C14H24N2. The van der Waals surface area contributed by atoms with Crippen molar-refractivity contribution in [1.82, 2.24) is 9.80 Å². The quantitative estimate of drug-likeness (QED) is 0.655. The van der Waals surface area contributed by atoms with Crippen LogP contribution in [0.2, 0.25) is 0 Å². The molecule has 2 bridgehead atoms. The zero-order valence-corrected chi connectivity index (χ0v) is 10.4. The molecule has 0 unspecified atom stereocenters. The average molecular weight is 220 g/mol. The second-order valence-electron chi connectivity index (χ2n) is 6.00. The number of rotatable bonds is 2. The molecule has 3 rings (SSSR count). The highest BCUT2D eigenvalue weighted by Gasteiger charge is 2.36. The van der Waals surface area contributed by atoms with E-state index in [9.17, 15) is 0 Å². The summed E-state index contributed by atoms with van der Waals surface area (Å²) < 4.78 is 0. The van der Waals surface area contributed by atoms with Gasteiger partial charge in [-0.2, -0.15) is 0 Å². The van der Waals surface area contributed by atoms with Crippen molar-refractivity contribution in [3.05, 3.63) is 12.2 Å². The van der Waals surface area contributed by atoms with Gasteiger partial charge < -0.3 is 9.80 Å². The zero-order chi connectivity index (χ0) is 11.0. The summed E-state index contributed by atoms with van der Waals surface area (Å²) >= 11 is 0. The van der Waals surface area contributed by atoms with E-state index in [0.29, 0.717) is 0 Å². The Hall–Kier alpha value is -0.340. The predicted octanol–water partition coefficient (Wildman–Crippen LogP) is 1.84. The maximum atomic E-state index is 2.71. The Morgan fingerprint density at radius 1 is 1.06 bits per heavy atom. The fourth-order valence-electron chi connectivity index (χ4n) is 3.72. The highest BCUT2D eigenvalue weighted by atomic mass is 15.2. The van der Waals surface area contributed by atoms with E-state index in [4.69, 9.17) is 0 Å². The first-order chi connectivity index (χ1) is 7.81. The van der Waals surface area contributed by atoms with Crippen LogP contribution in [0.5, 0.6) is 0 Å². The summed E-state index contributed by atoms with van der Waals surface area (Å²) in [6.07, 6.45) is 9.22. The Labute approximate surface area is 99.3 Å². The fraction of sp³-hybridized carbons (Fsp3) is 0.857. The summed E-state index contributed by atoms with van der Waals surface area (Å²) in [6.45, 7) is 6.51. The molecule has 16 heavy (non-hydrogen) atoms. The van der Waals surface area contributed by atoms with Crippen molar-refractivity contribution in [3.8, 4) is 0 Å². The van der Waals surface area contributed by atoms with Crippen LogP contribution in [-0.2, 0) is 0 Å². The molecule has 3 aliphatic rings. The summed E-state index contributed by atoms with van der Waals surface area (Å²) in [4.78, 5) is 5.18. The van der Waals surface area contributed by atoms with Gasteiger partial charge in [-0.15, -0.1) is 0 Å². The maximum Gasteiger partial charge on any atom is 0.0109 e. The molecule has 0 amide bonds. The van der Waals surface area contributed by atoms with Crippen molar-refractivity contribution in [3.63, 3.8) is 0 Å². The fourth-order valence-corrected chi connectivity index (χ4v) is 3.72. The van der Waals surface area contributed by atoms with Gasteiger partial charge in [0.2, 0.25) is 0 Å². The van der Waals surface area contributed by atoms with E-state index in [0.717, 1.165) is 17.8 Å². The summed E-state index contributed by atoms with van der Waals surface area (Å²) in [5.74, 6) is 2.83. The molecule has 2 nitrogen and oxygen atoms in total. The first kappa shape index (κ1) is 10.8. The maximum absolute atomic E-state index is 2.71. The van der Waals surface area contributed by atoms with E-state index in [-0.39, 0.29) is 0 Å². The van der Waals surface area contributed by atoms with Gasteiger partial charge >= 0.3 is 0 Å². The van der Waals surface area contributed by atoms with Crippen LogP contribution < -0.4 is 0 Å². The zero-order valence-electron chi connectivity index (χ0n) is 10.4.